The minimum atomic E-state index is -0.155. The fourth-order valence-corrected chi connectivity index (χ4v) is 2.34. The molecule has 1 N–H and O–H groups in total. The van der Waals surface area contributed by atoms with Crippen LogP contribution in [0.3, 0.4) is 0 Å². The van der Waals surface area contributed by atoms with Gasteiger partial charge in [0.2, 0.25) is 0 Å². The topological polar surface area (TPSA) is 54.7 Å². The van der Waals surface area contributed by atoms with Crippen molar-refractivity contribution >= 4 is 11.7 Å². The van der Waals surface area contributed by atoms with Gasteiger partial charge in [0, 0.05) is 24.4 Å². The van der Waals surface area contributed by atoms with E-state index in [2.05, 4.69) is 5.32 Å². The Bertz CT molecular complexity index is 649. The van der Waals surface area contributed by atoms with Crippen LogP contribution in [0.15, 0.2) is 40.8 Å². The van der Waals surface area contributed by atoms with Crippen molar-refractivity contribution in [3.63, 3.8) is 0 Å². The first-order valence-corrected chi connectivity index (χ1v) is 7.71. The second-order valence-electron chi connectivity index (χ2n) is 5.75. The van der Waals surface area contributed by atoms with Crippen LogP contribution in [0.1, 0.15) is 30.9 Å². The third-order valence-corrected chi connectivity index (χ3v) is 3.57. The highest BCUT2D eigenvalue weighted by atomic mass is 16.5. The molecule has 0 unspecified atom stereocenters. The van der Waals surface area contributed by atoms with E-state index in [-0.39, 0.29) is 12.1 Å². The van der Waals surface area contributed by atoms with Gasteiger partial charge in [0.1, 0.15) is 11.5 Å². The zero-order valence-electron chi connectivity index (χ0n) is 14.1. The van der Waals surface area contributed by atoms with Crippen LogP contribution in [-0.4, -0.2) is 24.1 Å². The summed E-state index contributed by atoms with van der Waals surface area (Å²) in [5.41, 5.74) is 1.71. The minimum Gasteiger partial charge on any atom is -0.464 e. The molecule has 0 fully saturated rings. The van der Waals surface area contributed by atoms with Gasteiger partial charge in [0.05, 0.1) is 13.2 Å². The highest BCUT2D eigenvalue weighted by Crippen LogP contribution is 2.18. The number of hydrogen-bond donors (Lipinski definition) is 1. The maximum Gasteiger partial charge on any atom is 0.322 e. The molecule has 1 aromatic carbocycles. The smallest absolute Gasteiger partial charge is 0.322 e. The van der Waals surface area contributed by atoms with Crippen LogP contribution in [0, 0.1) is 6.92 Å². The second kappa shape index (κ2) is 7.83. The number of urea groups is 1. The number of carbonyl (C=O) groups excluding carboxylic acids is 1. The van der Waals surface area contributed by atoms with Crippen LogP contribution in [-0.2, 0) is 17.9 Å². The standard InChI is InChI=1S/C18H24N2O3/c1-13(2)20(11-16-10-9-14(3)23-16)18(21)19-17-8-6-5-7-15(17)12-22-4/h5-10,13H,11-12H2,1-4H3,(H,19,21). The summed E-state index contributed by atoms with van der Waals surface area (Å²) in [6.07, 6.45) is 0. The molecule has 23 heavy (non-hydrogen) atoms. The molecule has 0 bridgehead atoms. The van der Waals surface area contributed by atoms with E-state index in [1.807, 2.05) is 57.2 Å². The van der Waals surface area contributed by atoms with E-state index in [0.717, 1.165) is 22.8 Å². The first-order chi connectivity index (χ1) is 11.0. The minimum absolute atomic E-state index is 0.0509. The van der Waals surface area contributed by atoms with Gasteiger partial charge in [-0.2, -0.15) is 0 Å². The quantitative estimate of drug-likeness (QED) is 0.870. The van der Waals surface area contributed by atoms with E-state index >= 15 is 0 Å². The number of rotatable bonds is 6. The van der Waals surface area contributed by atoms with Crippen molar-refractivity contribution in [2.75, 3.05) is 12.4 Å². The van der Waals surface area contributed by atoms with E-state index in [9.17, 15) is 4.79 Å². The van der Waals surface area contributed by atoms with Gasteiger partial charge in [-0.1, -0.05) is 18.2 Å². The molecule has 124 valence electrons. The van der Waals surface area contributed by atoms with Crippen molar-refractivity contribution in [1.29, 1.82) is 0 Å². The average molecular weight is 316 g/mol. The molecule has 5 heteroatoms. The summed E-state index contributed by atoms with van der Waals surface area (Å²) >= 11 is 0. The summed E-state index contributed by atoms with van der Waals surface area (Å²) in [7, 11) is 1.64. The number of amides is 2. The van der Waals surface area contributed by atoms with Gasteiger partial charge in [-0.25, -0.2) is 4.79 Å². The lowest BCUT2D eigenvalue weighted by Gasteiger charge is -2.26. The summed E-state index contributed by atoms with van der Waals surface area (Å²) in [5, 5.41) is 2.97. The van der Waals surface area contributed by atoms with Gasteiger partial charge < -0.3 is 19.4 Å². The fourth-order valence-electron chi connectivity index (χ4n) is 2.34. The predicted octanol–water partition coefficient (Wildman–Crippen LogP) is 4.18. The van der Waals surface area contributed by atoms with Gasteiger partial charge in [0.25, 0.3) is 0 Å². The van der Waals surface area contributed by atoms with Crippen LogP contribution in [0.25, 0.3) is 0 Å². The van der Waals surface area contributed by atoms with Gasteiger partial charge in [-0.15, -0.1) is 0 Å². The van der Waals surface area contributed by atoms with Crippen molar-refractivity contribution in [3.8, 4) is 0 Å². The largest absolute Gasteiger partial charge is 0.464 e. The fraction of sp³-hybridized carbons (Fsp3) is 0.389. The Balaban J connectivity index is 2.12. The highest BCUT2D eigenvalue weighted by Gasteiger charge is 2.19. The Hall–Kier alpha value is -2.27. The van der Waals surface area contributed by atoms with Crippen molar-refractivity contribution in [1.82, 2.24) is 4.90 Å². The molecule has 2 aromatic rings. The zero-order valence-corrected chi connectivity index (χ0v) is 14.1. The normalized spacial score (nSPS) is 10.8. The molecular weight excluding hydrogens is 292 g/mol. The van der Waals surface area contributed by atoms with Crippen molar-refractivity contribution in [3.05, 3.63) is 53.5 Å². The monoisotopic (exact) mass is 316 g/mol. The zero-order chi connectivity index (χ0) is 16.8. The molecule has 0 saturated heterocycles. The van der Waals surface area contributed by atoms with Gasteiger partial charge in [0.15, 0.2) is 0 Å². The van der Waals surface area contributed by atoms with E-state index in [1.54, 1.807) is 12.0 Å². The SMILES string of the molecule is COCc1ccccc1NC(=O)N(Cc1ccc(C)o1)C(C)C. The molecule has 1 heterocycles. The van der Waals surface area contributed by atoms with E-state index in [1.165, 1.54) is 0 Å². The number of aryl methyl sites for hydroxylation is 1. The molecule has 0 aliphatic rings. The number of carbonyl (C=O) groups is 1. The number of para-hydroxylation sites is 1. The van der Waals surface area contributed by atoms with Crippen LogP contribution in [0.2, 0.25) is 0 Å². The van der Waals surface area contributed by atoms with Crippen LogP contribution in [0.5, 0.6) is 0 Å². The summed E-state index contributed by atoms with van der Waals surface area (Å²) in [5.74, 6) is 1.62. The molecule has 2 rings (SSSR count). The summed E-state index contributed by atoms with van der Waals surface area (Å²) in [4.78, 5) is 14.4. The Kier molecular flexibility index (Phi) is 5.82. The van der Waals surface area contributed by atoms with Crippen LogP contribution >= 0.6 is 0 Å². The molecule has 2 amide bonds. The third-order valence-electron chi connectivity index (χ3n) is 3.57. The second-order valence-corrected chi connectivity index (χ2v) is 5.75. The number of furan rings is 1. The Morgan fingerprint density at radius 1 is 1.26 bits per heavy atom. The summed E-state index contributed by atoms with van der Waals surface area (Å²) in [6, 6.07) is 11.3. The predicted molar refractivity (Wildman–Crippen MR) is 90.3 cm³/mol. The first-order valence-electron chi connectivity index (χ1n) is 7.71. The Labute approximate surface area is 137 Å². The molecule has 5 nitrogen and oxygen atoms in total. The number of ether oxygens (including phenoxy) is 1. The average Bonchev–Trinajstić information content (AvgIpc) is 2.92. The van der Waals surface area contributed by atoms with E-state index in [4.69, 9.17) is 9.15 Å². The number of nitrogens with zero attached hydrogens (tertiary/aromatic N) is 1. The Morgan fingerprint density at radius 3 is 2.61 bits per heavy atom. The lowest BCUT2D eigenvalue weighted by atomic mass is 10.2. The summed E-state index contributed by atoms with van der Waals surface area (Å²) < 4.78 is 10.8. The highest BCUT2D eigenvalue weighted by molar-refractivity contribution is 5.90. The maximum absolute atomic E-state index is 12.7. The maximum atomic E-state index is 12.7. The lowest BCUT2D eigenvalue weighted by molar-refractivity contribution is 0.183. The Morgan fingerprint density at radius 2 is 2.00 bits per heavy atom. The molecule has 0 aliphatic carbocycles. The molecule has 0 radical (unpaired) electrons. The van der Waals surface area contributed by atoms with Gasteiger partial charge in [-0.3, -0.25) is 0 Å². The number of methoxy groups -OCH3 is 1. The van der Waals surface area contributed by atoms with E-state index < -0.39 is 0 Å². The molecule has 0 aliphatic heterocycles. The van der Waals surface area contributed by atoms with Crippen molar-refractivity contribution in [2.24, 2.45) is 0 Å². The molecule has 0 atom stereocenters. The molecule has 1 aromatic heterocycles. The number of benzene rings is 1. The lowest BCUT2D eigenvalue weighted by Crippen LogP contribution is -2.39. The summed E-state index contributed by atoms with van der Waals surface area (Å²) in [6.45, 7) is 6.75. The van der Waals surface area contributed by atoms with Gasteiger partial charge in [-0.05, 0) is 39.0 Å². The van der Waals surface area contributed by atoms with Crippen molar-refractivity contribution < 1.29 is 13.9 Å². The number of nitrogens with one attached hydrogen (secondary N) is 1. The van der Waals surface area contributed by atoms with Crippen LogP contribution < -0.4 is 5.32 Å². The molecular formula is C18H24N2O3. The first kappa shape index (κ1) is 17.1. The number of hydrogen-bond acceptors (Lipinski definition) is 3. The van der Waals surface area contributed by atoms with Crippen molar-refractivity contribution in [2.45, 2.75) is 40.0 Å². The molecule has 0 spiro atoms. The third kappa shape index (κ3) is 4.60. The molecule has 0 saturated carbocycles. The van der Waals surface area contributed by atoms with Gasteiger partial charge >= 0.3 is 6.03 Å². The van der Waals surface area contributed by atoms with E-state index in [0.29, 0.717) is 13.2 Å². The number of anilines is 1. The van der Waals surface area contributed by atoms with Crippen LogP contribution in [0.4, 0.5) is 10.5 Å².